The average molecular weight is 183 g/mol. The first-order chi connectivity index (χ1) is 6.19. The van der Waals surface area contributed by atoms with Crippen LogP contribution in [0.4, 0.5) is 0 Å². The van der Waals surface area contributed by atoms with Crippen molar-refractivity contribution in [2.24, 2.45) is 5.41 Å². The van der Waals surface area contributed by atoms with Gasteiger partial charge in [-0.2, -0.15) is 0 Å². The van der Waals surface area contributed by atoms with Crippen molar-refractivity contribution in [3.63, 3.8) is 0 Å². The number of rotatable bonds is 3. The summed E-state index contributed by atoms with van der Waals surface area (Å²) in [6.07, 6.45) is 3.36. The van der Waals surface area contributed by atoms with Crippen LogP contribution in [0.15, 0.2) is 0 Å². The third-order valence-corrected chi connectivity index (χ3v) is 2.67. The molecule has 0 spiro atoms. The van der Waals surface area contributed by atoms with Gasteiger partial charge in [0.2, 0.25) is 5.91 Å². The molecule has 4 heteroatoms. The minimum Gasteiger partial charge on any atom is -0.468 e. The minimum absolute atomic E-state index is 0.137. The lowest BCUT2D eigenvalue weighted by molar-refractivity contribution is -0.152. The van der Waals surface area contributed by atoms with Crippen LogP contribution in [-0.2, 0) is 14.3 Å². The molecule has 0 aromatic rings. The number of amides is 1. The molecular weight excluding hydrogens is 170 g/mol. The van der Waals surface area contributed by atoms with Crippen molar-refractivity contribution < 1.29 is 14.3 Å². The van der Waals surface area contributed by atoms with Gasteiger partial charge in [0.15, 0.2) is 0 Å². The van der Waals surface area contributed by atoms with Gasteiger partial charge in [0.1, 0.15) is 5.41 Å². The molecule has 0 heterocycles. The highest BCUT2D eigenvalue weighted by Crippen LogP contribution is 2.47. The van der Waals surface area contributed by atoms with Crippen LogP contribution in [0.2, 0.25) is 0 Å². The van der Waals surface area contributed by atoms with Crippen LogP contribution >= 0.6 is 0 Å². The Morgan fingerprint density at radius 3 is 2.38 bits per heavy atom. The van der Waals surface area contributed by atoms with E-state index in [2.05, 4.69) is 10.1 Å². The first-order valence-electron chi connectivity index (χ1n) is 4.58. The third-order valence-electron chi connectivity index (χ3n) is 2.67. The van der Waals surface area contributed by atoms with Crippen molar-refractivity contribution in [1.29, 1.82) is 0 Å². The average Bonchev–Trinajstić information content (AvgIpc) is 2.96. The smallest absolute Gasteiger partial charge is 0.321 e. The molecule has 13 heavy (non-hydrogen) atoms. The van der Waals surface area contributed by atoms with Crippen molar-refractivity contribution in [1.82, 2.24) is 5.32 Å². The topological polar surface area (TPSA) is 55.4 Å². The summed E-state index contributed by atoms with van der Waals surface area (Å²) in [5.41, 5.74) is -0.822. The van der Waals surface area contributed by atoms with Gasteiger partial charge < -0.3 is 10.1 Å². The second kappa shape index (κ2) is 2.72. The molecule has 0 unspecified atom stereocenters. The van der Waals surface area contributed by atoms with Crippen molar-refractivity contribution in [2.45, 2.75) is 31.7 Å². The second-order valence-electron chi connectivity index (χ2n) is 3.82. The maximum atomic E-state index is 11.6. The van der Waals surface area contributed by atoms with E-state index in [1.54, 1.807) is 0 Å². The highest BCUT2D eigenvalue weighted by molar-refractivity contribution is 6.05. The van der Waals surface area contributed by atoms with Gasteiger partial charge in [0.05, 0.1) is 7.11 Å². The second-order valence-corrected chi connectivity index (χ2v) is 3.82. The zero-order chi connectivity index (χ0) is 9.47. The van der Waals surface area contributed by atoms with Gasteiger partial charge >= 0.3 is 5.97 Å². The van der Waals surface area contributed by atoms with Crippen molar-refractivity contribution in [2.75, 3.05) is 7.11 Å². The molecular formula is C9H13NO3. The van der Waals surface area contributed by atoms with Crippen LogP contribution in [0, 0.1) is 5.41 Å². The number of hydrogen-bond acceptors (Lipinski definition) is 3. The molecule has 72 valence electrons. The summed E-state index contributed by atoms with van der Waals surface area (Å²) in [4.78, 5) is 22.8. The van der Waals surface area contributed by atoms with Gasteiger partial charge in [0.25, 0.3) is 0 Å². The van der Waals surface area contributed by atoms with E-state index in [0.29, 0.717) is 18.9 Å². The summed E-state index contributed by atoms with van der Waals surface area (Å²) in [5, 5.41) is 2.83. The monoisotopic (exact) mass is 183 g/mol. The lowest BCUT2D eigenvalue weighted by Crippen LogP contribution is -2.38. The SMILES string of the molecule is COC(=O)C1(C(=O)NC2CC2)CC1. The van der Waals surface area contributed by atoms with Crippen LogP contribution in [0.25, 0.3) is 0 Å². The summed E-state index contributed by atoms with van der Waals surface area (Å²) in [6.45, 7) is 0. The van der Waals surface area contributed by atoms with Gasteiger partial charge in [-0.3, -0.25) is 9.59 Å². The van der Waals surface area contributed by atoms with E-state index in [9.17, 15) is 9.59 Å². The maximum Gasteiger partial charge on any atom is 0.321 e. The summed E-state index contributed by atoms with van der Waals surface area (Å²) in [7, 11) is 1.33. The van der Waals surface area contributed by atoms with Gasteiger partial charge in [-0.25, -0.2) is 0 Å². The van der Waals surface area contributed by atoms with E-state index in [4.69, 9.17) is 0 Å². The number of carbonyl (C=O) groups is 2. The van der Waals surface area contributed by atoms with Crippen molar-refractivity contribution in [3.05, 3.63) is 0 Å². The summed E-state index contributed by atoms with van der Waals surface area (Å²) in [5.74, 6) is -0.521. The van der Waals surface area contributed by atoms with Gasteiger partial charge in [-0.15, -0.1) is 0 Å². The predicted molar refractivity (Wildman–Crippen MR) is 44.8 cm³/mol. The molecule has 1 amide bonds. The quantitative estimate of drug-likeness (QED) is 0.503. The largest absolute Gasteiger partial charge is 0.468 e. The number of esters is 1. The third kappa shape index (κ3) is 1.41. The normalized spacial score (nSPS) is 23.5. The highest BCUT2D eigenvalue weighted by atomic mass is 16.5. The lowest BCUT2D eigenvalue weighted by atomic mass is 10.1. The van der Waals surface area contributed by atoms with Crippen LogP contribution in [0.3, 0.4) is 0 Å². The molecule has 0 aromatic heterocycles. The van der Waals surface area contributed by atoms with E-state index < -0.39 is 5.41 Å². The fraction of sp³-hybridized carbons (Fsp3) is 0.778. The van der Waals surface area contributed by atoms with Gasteiger partial charge in [0, 0.05) is 6.04 Å². The molecule has 0 saturated heterocycles. The highest BCUT2D eigenvalue weighted by Gasteiger charge is 2.58. The van der Waals surface area contributed by atoms with E-state index >= 15 is 0 Å². The number of methoxy groups -OCH3 is 1. The number of hydrogen-bond donors (Lipinski definition) is 1. The Labute approximate surface area is 76.6 Å². The molecule has 2 fully saturated rings. The molecule has 0 atom stereocenters. The van der Waals surface area contributed by atoms with Crippen molar-refractivity contribution >= 4 is 11.9 Å². The Bertz CT molecular complexity index is 254. The molecule has 2 saturated carbocycles. The van der Waals surface area contributed by atoms with E-state index in [1.807, 2.05) is 0 Å². The van der Waals surface area contributed by atoms with Crippen LogP contribution in [0.5, 0.6) is 0 Å². The van der Waals surface area contributed by atoms with E-state index in [0.717, 1.165) is 12.8 Å². The molecule has 2 aliphatic carbocycles. The molecule has 0 radical (unpaired) electrons. The Morgan fingerprint density at radius 2 is 2.00 bits per heavy atom. The standard InChI is InChI=1S/C9H13NO3/c1-13-8(12)9(4-5-9)7(11)10-6-2-3-6/h6H,2-5H2,1H3,(H,10,11). The maximum absolute atomic E-state index is 11.6. The lowest BCUT2D eigenvalue weighted by Gasteiger charge is -2.11. The fourth-order valence-electron chi connectivity index (χ4n) is 1.40. The molecule has 0 aliphatic heterocycles. The predicted octanol–water partition coefficient (Wildman–Crippen LogP) is 0.218. The number of carbonyl (C=O) groups excluding carboxylic acids is 2. The zero-order valence-corrected chi connectivity index (χ0v) is 7.63. The van der Waals surface area contributed by atoms with Crippen LogP contribution < -0.4 is 5.32 Å². The Kier molecular flexibility index (Phi) is 1.78. The van der Waals surface area contributed by atoms with Crippen molar-refractivity contribution in [3.8, 4) is 0 Å². The first-order valence-corrected chi connectivity index (χ1v) is 4.58. The summed E-state index contributed by atoms with van der Waals surface area (Å²) < 4.78 is 4.60. The molecule has 2 rings (SSSR count). The Hall–Kier alpha value is -1.06. The zero-order valence-electron chi connectivity index (χ0n) is 7.63. The van der Waals surface area contributed by atoms with E-state index in [1.165, 1.54) is 7.11 Å². The first kappa shape index (κ1) is 8.53. The molecule has 0 aromatic carbocycles. The number of nitrogens with one attached hydrogen (secondary N) is 1. The number of ether oxygens (including phenoxy) is 1. The Morgan fingerprint density at radius 1 is 1.38 bits per heavy atom. The fourth-order valence-corrected chi connectivity index (χ4v) is 1.40. The molecule has 0 bridgehead atoms. The van der Waals surface area contributed by atoms with E-state index in [-0.39, 0.29) is 11.9 Å². The molecule has 2 aliphatic rings. The van der Waals surface area contributed by atoms with Gasteiger partial charge in [-0.05, 0) is 25.7 Å². The van der Waals surface area contributed by atoms with Gasteiger partial charge in [-0.1, -0.05) is 0 Å². The molecule has 4 nitrogen and oxygen atoms in total. The summed E-state index contributed by atoms with van der Waals surface area (Å²) >= 11 is 0. The van der Waals surface area contributed by atoms with Crippen LogP contribution in [0.1, 0.15) is 25.7 Å². The summed E-state index contributed by atoms with van der Waals surface area (Å²) in [6, 6.07) is 0.314. The minimum atomic E-state index is -0.822. The molecule has 1 N–H and O–H groups in total. The Balaban J connectivity index is 1.97. The van der Waals surface area contributed by atoms with Crippen LogP contribution in [-0.4, -0.2) is 25.0 Å².